The van der Waals surface area contributed by atoms with Gasteiger partial charge in [0.05, 0.1) is 6.54 Å². The van der Waals surface area contributed by atoms with Crippen LogP contribution < -0.4 is 5.32 Å². The molecule has 0 aliphatic rings. The second kappa shape index (κ2) is 6.58. The highest BCUT2D eigenvalue weighted by Crippen LogP contribution is 2.27. The number of carbonyl (C=O) groups excluding carboxylic acids is 1. The Kier molecular flexibility index (Phi) is 4.58. The van der Waals surface area contributed by atoms with Crippen LogP contribution in [-0.2, 0) is 11.3 Å². The Labute approximate surface area is 121 Å². The first kappa shape index (κ1) is 14.6. The number of nitrogens with one attached hydrogen (secondary N) is 1. The average Bonchev–Trinajstić information content (AvgIpc) is 2.86. The molecule has 1 aromatic heterocycles. The molecule has 0 radical (unpaired) electrons. The maximum Gasteiger partial charge on any atom is 0.224 e. The largest absolute Gasteiger partial charge is 0.361 e. The number of azide groups is 1. The molecule has 0 fully saturated rings. The van der Waals surface area contributed by atoms with Gasteiger partial charge in [-0.2, -0.15) is 0 Å². The topological polar surface area (TPSA) is 104 Å². The highest BCUT2D eigenvalue weighted by Gasteiger charge is 2.13. The van der Waals surface area contributed by atoms with Crippen LogP contribution in [0.25, 0.3) is 21.7 Å². The summed E-state index contributed by atoms with van der Waals surface area (Å²) in [5, 5.41) is 10.3. The number of aromatic nitrogens is 1. The van der Waals surface area contributed by atoms with Crippen molar-refractivity contribution in [2.75, 3.05) is 5.32 Å². The number of hydrogen-bond acceptors (Lipinski definition) is 4. The standard InChI is InChI=1S/C14H15N5O2/c1-3-13(20)17-11-6-4-10(5-7-11)14-12(8-16-19-15)9(2)21-18-14/h4-7H,3,8H2,1-2H3,(H,17,20). The molecule has 1 N–H and O–H groups in total. The third-order valence-corrected chi connectivity index (χ3v) is 3.04. The van der Waals surface area contributed by atoms with Crippen molar-refractivity contribution in [3.63, 3.8) is 0 Å². The summed E-state index contributed by atoms with van der Waals surface area (Å²) in [5.41, 5.74) is 11.4. The van der Waals surface area contributed by atoms with Gasteiger partial charge >= 0.3 is 0 Å². The number of carbonyl (C=O) groups is 1. The van der Waals surface area contributed by atoms with Crippen LogP contribution in [0.15, 0.2) is 33.9 Å². The lowest BCUT2D eigenvalue weighted by molar-refractivity contribution is -0.115. The van der Waals surface area contributed by atoms with E-state index in [1.54, 1.807) is 26.0 Å². The summed E-state index contributed by atoms with van der Waals surface area (Å²) < 4.78 is 5.16. The van der Waals surface area contributed by atoms with Crippen molar-refractivity contribution in [2.45, 2.75) is 26.8 Å². The van der Waals surface area contributed by atoms with Gasteiger partial charge in [0.25, 0.3) is 0 Å². The van der Waals surface area contributed by atoms with Crippen LogP contribution in [0.1, 0.15) is 24.7 Å². The molecule has 0 saturated heterocycles. The van der Waals surface area contributed by atoms with Gasteiger partial charge in [-0.15, -0.1) is 0 Å². The first-order valence-corrected chi connectivity index (χ1v) is 6.52. The molecule has 7 nitrogen and oxygen atoms in total. The smallest absolute Gasteiger partial charge is 0.224 e. The SMILES string of the molecule is CCC(=O)Nc1ccc(-c2noc(C)c2CN=[N+]=[N-])cc1. The summed E-state index contributed by atoms with van der Waals surface area (Å²) in [6.45, 7) is 3.76. The van der Waals surface area contributed by atoms with Crippen molar-refractivity contribution >= 4 is 11.6 Å². The second-order valence-corrected chi connectivity index (χ2v) is 4.43. The highest BCUT2D eigenvalue weighted by atomic mass is 16.5. The van der Waals surface area contributed by atoms with Crippen molar-refractivity contribution in [3.8, 4) is 11.3 Å². The van der Waals surface area contributed by atoms with Crippen LogP contribution in [-0.4, -0.2) is 11.1 Å². The Balaban J connectivity index is 2.26. The maximum absolute atomic E-state index is 11.3. The molecule has 2 aromatic rings. The van der Waals surface area contributed by atoms with Crippen LogP contribution in [0.2, 0.25) is 0 Å². The Hall–Kier alpha value is -2.79. The Morgan fingerprint density at radius 3 is 2.76 bits per heavy atom. The van der Waals surface area contributed by atoms with Crippen molar-refractivity contribution in [3.05, 3.63) is 46.0 Å². The van der Waals surface area contributed by atoms with E-state index in [4.69, 9.17) is 10.1 Å². The molecule has 0 atom stereocenters. The molecule has 2 rings (SSSR count). The van der Waals surface area contributed by atoms with Crippen molar-refractivity contribution in [2.24, 2.45) is 5.11 Å². The third-order valence-electron chi connectivity index (χ3n) is 3.04. The normalized spacial score (nSPS) is 10.0. The predicted molar refractivity (Wildman–Crippen MR) is 78.4 cm³/mol. The van der Waals surface area contributed by atoms with Crippen LogP contribution in [0.5, 0.6) is 0 Å². The molecule has 1 heterocycles. The van der Waals surface area contributed by atoms with Crippen LogP contribution in [0, 0.1) is 6.92 Å². The van der Waals surface area contributed by atoms with Crippen molar-refractivity contribution in [1.82, 2.24) is 5.16 Å². The number of hydrogen-bond donors (Lipinski definition) is 1. The number of benzene rings is 1. The molecular weight excluding hydrogens is 270 g/mol. The minimum absolute atomic E-state index is 0.0379. The zero-order valence-electron chi connectivity index (χ0n) is 11.8. The van der Waals surface area contributed by atoms with Gasteiger partial charge in [-0.25, -0.2) is 0 Å². The van der Waals surface area contributed by atoms with E-state index < -0.39 is 0 Å². The molecule has 21 heavy (non-hydrogen) atoms. The molecule has 108 valence electrons. The zero-order valence-corrected chi connectivity index (χ0v) is 11.8. The maximum atomic E-state index is 11.3. The number of nitrogens with zero attached hydrogens (tertiary/aromatic N) is 4. The summed E-state index contributed by atoms with van der Waals surface area (Å²) >= 11 is 0. The quantitative estimate of drug-likeness (QED) is 0.513. The van der Waals surface area contributed by atoms with E-state index in [1.807, 2.05) is 12.1 Å². The fourth-order valence-electron chi connectivity index (χ4n) is 1.87. The van der Waals surface area contributed by atoms with E-state index in [0.717, 1.165) is 16.8 Å². The zero-order chi connectivity index (χ0) is 15.2. The molecule has 1 aromatic carbocycles. The average molecular weight is 285 g/mol. The van der Waals surface area contributed by atoms with Gasteiger partial charge in [-0.05, 0) is 24.6 Å². The van der Waals surface area contributed by atoms with Gasteiger partial charge in [-0.3, -0.25) is 4.79 Å². The van der Waals surface area contributed by atoms with Crippen molar-refractivity contribution in [1.29, 1.82) is 0 Å². The Morgan fingerprint density at radius 2 is 2.14 bits per heavy atom. The first-order chi connectivity index (χ1) is 10.2. The molecule has 0 aliphatic carbocycles. The van der Waals surface area contributed by atoms with Gasteiger partial charge in [0.15, 0.2) is 0 Å². The number of rotatable bonds is 5. The lowest BCUT2D eigenvalue weighted by Crippen LogP contribution is -2.09. The second-order valence-electron chi connectivity index (χ2n) is 4.43. The van der Waals surface area contributed by atoms with Crippen LogP contribution in [0.3, 0.4) is 0 Å². The van der Waals surface area contributed by atoms with Gasteiger partial charge in [0.1, 0.15) is 11.5 Å². The van der Waals surface area contributed by atoms with Gasteiger partial charge in [0, 0.05) is 28.1 Å². The summed E-state index contributed by atoms with van der Waals surface area (Å²) in [5.74, 6) is 0.588. The summed E-state index contributed by atoms with van der Waals surface area (Å²) in [7, 11) is 0. The predicted octanol–water partition coefficient (Wildman–Crippen LogP) is 3.81. The number of aryl methyl sites for hydroxylation is 1. The molecule has 0 saturated carbocycles. The molecular formula is C14H15N5O2. The van der Waals surface area contributed by atoms with E-state index in [9.17, 15) is 4.79 Å². The Morgan fingerprint density at radius 1 is 1.43 bits per heavy atom. The van der Waals surface area contributed by atoms with E-state index >= 15 is 0 Å². The van der Waals surface area contributed by atoms with E-state index in [2.05, 4.69) is 20.5 Å². The molecule has 0 aliphatic heterocycles. The van der Waals surface area contributed by atoms with Gasteiger partial charge in [-0.1, -0.05) is 29.3 Å². The fraction of sp³-hybridized carbons (Fsp3) is 0.286. The van der Waals surface area contributed by atoms with Crippen LogP contribution >= 0.6 is 0 Å². The van der Waals surface area contributed by atoms with Crippen molar-refractivity contribution < 1.29 is 9.32 Å². The van der Waals surface area contributed by atoms with Gasteiger partial charge < -0.3 is 9.84 Å². The monoisotopic (exact) mass is 285 g/mol. The lowest BCUT2D eigenvalue weighted by atomic mass is 10.1. The summed E-state index contributed by atoms with van der Waals surface area (Å²) in [4.78, 5) is 14.1. The lowest BCUT2D eigenvalue weighted by Gasteiger charge is -2.05. The Bertz CT molecular complexity index is 684. The summed E-state index contributed by atoms with van der Waals surface area (Å²) in [6, 6.07) is 7.26. The minimum atomic E-state index is -0.0379. The molecule has 1 amide bonds. The van der Waals surface area contributed by atoms with Crippen LogP contribution in [0.4, 0.5) is 5.69 Å². The van der Waals surface area contributed by atoms with E-state index in [0.29, 0.717) is 17.9 Å². The molecule has 0 spiro atoms. The fourth-order valence-corrected chi connectivity index (χ4v) is 1.87. The number of anilines is 1. The summed E-state index contributed by atoms with van der Waals surface area (Å²) in [6.07, 6.45) is 0.431. The number of amides is 1. The third kappa shape index (κ3) is 3.40. The van der Waals surface area contributed by atoms with E-state index in [-0.39, 0.29) is 12.5 Å². The van der Waals surface area contributed by atoms with Gasteiger partial charge in [0.2, 0.25) is 5.91 Å². The molecule has 0 bridgehead atoms. The highest BCUT2D eigenvalue weighted by molar-refractivity contribution is 5.90. The first-order valence-electron chi connectivity index (χ1n) is 6.52. The minimum Gasteiger partial charge on any atom is -0.361 e. The molecule has 7 heteroatoms. The van der Waals surface area contributed by atoms with E-state index in [1.165, 1.54) is 0 Å². The molecule has 0 unspecified atom stereocenters.